The lowest BCUT2D eigenvalue weighted by Gasteiger charge is -2.12. The number of pyridine rings is 1. The molecule has 0 atom stereocenters. The van der Waals surface area contributed by atoms with Gasteiger partial charge in [0.25, 0.3) is 0 Å². The number of carbonyl (C=O) groups excluding carboxylic acids is 1. The van der Waals surface area contributed by atoms with E-state index in [0.717, 1.165) is 16.7 Å². The molecule has 0 aliphatic carbocycles. The predicted molar refractivity (Wildman–Crippen MR) is 111 cm³/mol. The molecule has 0 bridgehead atoms. The van der Waals surface area contributed by atoms with Crippen molar-refractivity contribution in [2.45, 2.75) is 6.54 Å². The highest BCUT2D eigenvalue weighted by atomic mass is 79.9. The first-order chi connectivity index (χ1) is 13.5. The van der Waals surface area contributed by atoms with Crippen LogP contribution in [0.25, 0.3) is 17.0 Å². The molecular formula is C21H18BrFN2O3. The predicted octanol–water partition coefficient (Wildman–Crippen LogP) is 4.94. The van der Waals surface area contributed by atoms with Crippen LogP contribution in [0.1, 0.15) is 11.1 Å². The van der Waals surface area contributed by atoms with Crippen molar-refractivity contribution in [3.63, 3.8) is 0 Å². The molecule has 0 radical (unpaired) electrons. The van der Waals surface area contributed by atoms with Crippen molar-refractivity contribution in [2.24, 2.45) is 0 Å². The Hall–Kier alpha value is -2.93. The van der Waals surface area contributed by atoms with E-state index in [1.165, 1.54) is 19.3 Å². The maximum atomic E-state index is 13.9. The summed E-state index contributed by atoms with van der Waals surface area (Å²) in [4.78, 5) is 16.0. The second-order valence-electron chi connectivity index (χ2n) is 5.94. The third kappa shape index (κ3) is 4.67. The minimum absolute atomic E-state index is 0.351. The van der Waals surface area contributed by atoms with E-state index < -0.39 is 5.97 Å². The Morgan fingerprint density at radius 1 is 1.21 bits per heavy atom. The molecule has 7 heteroatoms. The Kier molecular flexibility index (Phi) is 6.26. The van der Waals surface area contributed by atoms with Gasteiger partial charge in [-0.3, -0.25) is 0 Å². The van der Waals surface area contributed by atoms with Gasteiger partial charge in [-0.1, -0.05) is 12.1 Å². The third-order valence-corrected chi connectivity index (χ3v) is 4.71. The number of hydrogen-bond acceptors (Lipinski definition) is 5. The molecule has 0 saturated carbocycles. The van der Waals surface area contributed by atoms with Crippen molar-refractivity contribution in [2.75, 3.05) is 19.5 Å². The monoisotopic (exact) mass is 444 g/mol. The Balaban J connectivity index is 1.95. The van der Waals surface area contributed by atoms with Crippen molar-refractivity contribution in [3.8, 4) is 5.75 Å². The number of fused-ring (bicyclic) bond motifs is 1. The van der Waals surface area contributed by atoms with Crippen LogP contribution in [0.2, 0.25) is 0 Å². The van der Waals surface area contributed by atoms with E-state index >= 15 is 0 Å². The number of benzene rings is 2. The summed E-state index contributed by atoms with van der Waals surface area (Å²) in [7, 11) is 2.93. The normalized spacial score (nSPS) is 11.0. The molecular weight excluding hydrogens is 427 g/mol. The van der Waals surface area contributed by atoms with E-state index in [-0.39, 0.29) is 5.82 Å². The van der Waals surface area contributed by atoms with Crippen LogP contribution in [0.4, 0.5) is 10.2 Å². The molecule has 144 valence electrons. The molecule has 1 heterocycles. The van der Waals surface area contributed by atoms with Crippen molar-refractivity contribution >= 4 is 44.7 Å². The van der Waals surface area contributed by atoms with E-state index in [1.54, 1.807) is 19.3 Å². The van der Waals surface area contributed by atoms with Gasteiger partial charge < -0.3 is 14.8 Å². The van der Waals surface area contributed by atoms with Crippen molar-refractivity contribution in [3.05, 3.63) is 70.0 Å². The number of methoxy groups -OCH3 is 2. The van der Waals surface area contributed by atoms with Gasteiger partial charge in [-0.15, -0.1) is 0 Å². The lowest BCUT2D eigenvalue weighted by atomic mass is 10.1. The van der Waals surface area contributed by atoms with Crippen LogP contribution >= 0.6 is 15.9 Å². The maximum absolute atomic E-state index is 13.9. The number of ether oxygens (including phenoxy) is 2. The summed E-state index contributed by atoms with van der Waals surface area (Å²) >= 11 is 3.19. The molecule has 0 saturated heterocycles. The average Bonchev–Trinajstić information content (AvgIpc) is 2.71. The third-order valence-electron chi connectivity index (χ3n) is 4.11. The standard InChI is InChI=1S/C21H18BrFN2O3/c1-27-16-6-3-13(4-7-16)12-24-21-14(5-8-20(26)28-2)9-15-10-17(22)18(23)11-19(15)25-21/h3-11H,12H2,1-2H3,(H,24,25). The first-order valence-electron chi connectivity index (χ1n) is 8.43. The summed E-state index contributed by atoms with van der Waals surface area (Å²) in [6.07, 6.45) is 2.94. The molecule has 0 aliphatic rings. The highest BCUT2D eigenvalue weighted by Gasteiger charge is 2.09. The summed E-state index contributed by atoms with van der Waals surface area (Å²) in [5, 5.41) is 3.99. The van der Waals surface area contributed by atoms with Gasteiger partial charge in [0.1, 0.15) is 17.4 Å². The second kappa shape index (κ2) is 8.84. The molecule has 0 aliphatic heterocycles. The van der Waals surface area contributed by atoms with Gasteiger partial charge in [0.2, 0.25) is 0 Å². The summed E-state index contributed by atoms with van der Waals surface area (Å²) in [6, 6.07) is 12.5. The van der Waals surface area contributed by atoms with Crippen molar-refractivity contribution in [1.82, 2.24) is 4.98 Å². The Morgan fingerprint density at radius 3 is 2.64 bits per heavy atom. The van der Waals surface area contributed by atoms with E-state index in [4.69, 9.17) is 4.74 Å². The molecule has 3 aromatic rings. The fraction of sp³-hybridized carbons (Fsp3) is 0.143. The SMILES string of the molecule is COC(=O)C=Cc1cc2cc(Br)c(F)cc2nc1NCc1ccc(OC)cc1. The van der Waals surface area contributed by atoms with E-state index in [0.29, 0.717) is 27.9 Å². The first kappa shape index (κ1) is 19.8. The zero-order chi connectivity index (χ0) is 20.1. The number of hydrogen-bond donors (Lipinski definition) is 1. The highest BCUT2D eigenvalue weighted by Crippen LogP contribution is 2.27. The van der Waals surface area contributed by atoms with Crippen LogP contribution in [0, 0.1) is 5.82 Å². The van der Waals surface area contributed by atoms with Gasteiger partial charge in [0.15, 0.2) is 0 Å². The van der Waals surface area contributed by atoms with Crippen LogP contribution in [-0.4, -0.2) is 25.2 Å². The van der Waals surface area contributed by atoms with Crippen LogP contribution in [-0.2, 0) is 16.1 Å². The summed E-state index contributed by atoms with van der Waals surface area (Å²) in [6.45, 7) is 0.501. The summed E-state index contributed by atoms with van der Waals surface area (Å²) < 4.78 is 24.1. The van der Waals surface area contributed by atoms with Gasteiger partial charge >= 0.3 is 5.97 Å². The number of carbonyl (C=O) groups is 1. The molecule has 5 nitrogen and oxygen atoms in total. The Labute approximate surface area is 170 Å². The molecule has 0 spiro atoms. The second-order valence-corrected chi connectivity index (χ2v) is 6.80. The van der Waals surface area contributed by atoms with Crippen molar-refractivity contribution in [1.29, 1.82) is 0 Å². The lowest BCUT2D eigenvalue weighted by Crippen LogP contribution is -2.04. The van der Waals surface area contributed by atoms with Crippen LogP contribution in [0.5, 0.6) is 5.75 Å². The minimum atomic E-state index is -0.471. The zero-order valence-electron chi connectivity index (χ0n) is 15.3. The number of halogens is 2. The van der Waals surface area contributed by atoms with Crippen LogP contribution in [0.15, 0.2) is 53.0 Å². The van der Waals surface area contributed by atoms with Gasteiger partial charge in [-0.2, -0.15) is 0 Å². The maximum Gasteiger partial charge on any atom is 0.330 e. The molecule has 3 rings (SSSR count). The molecule has 28 heavy (non-hydrogen) atoms. The van der Waals surface area contributed by atoms with Gasteiger partial charge in [-0.05, 0) is 51.8 Å². The van der Waals surface area contributed by atoms with Crippen molar-refractivity contribution < 1.29 is 18.7 Å². The van der Waals surface area contributed by atoms with Gasteiger partial charge in [-0.25, -0.2) is 14.2 Å². The zero-order valence-corrected chi connectivity index (χ0v) is 16.9. The fourth-order valence-electron chi connectivity index (χ4n) is 2.61. The van der Waals surface area contributed by atoms with Crippen LogP contribution < -0.4 is 10.1 Å². The first-order valence-corrected chi connectivity index (χ1v) is 9.22. The molecule has 0 amide bonds. The number of rotatable bonds is 6. The smallest absolute Gasteiger partial charge is 0.330 e. The highest BCUT2D eigenvalue weighted by molar-refractivity contribution is 9.10. The summed E-state index contributed by atoms with van der Waals surface area (Å²) in [5.74, 6) is 0.445. The minimum Gasteiger partial charge on any atom is -0.497 e. The molecule has 1 aromatic heterocycles. The molecule has 0 unspecified atom stereocenters. The summed E-state index contributed by atoms with van der Waals surface area (Å²) in [5.41, 5.74) is 2.21. The lowest BCUT2D eigenvalue weighted by molar-refractivity contribution is -0.134. The molecule has 0 fully saturated rings. The fourth-order valence-corrected chi connectivity index (χ4v) is 2.97. The molecule has 2 aromatic carbocycles. The quantitative estimate of drug-likeness (QED) is 0.430. The topological polar surface area (TPSA) is 60.5 Å². The largest absolute Gasteiger partial charge is 0.497 e. The number of nitrogens with zero attached hydrogens (tertiary/aromatic N) is 1. The Bertz CT molecular complexity index is 1040. The van der Waals surface area contributed by atoms with Gasteiger partial charge in [0.05, 0.1) is 24.2 Å². The van der Waals surface area contributed by atoms with E-state index in [2.05, 4.69) is 31.0 Å². The average molecular weight is 445 g/mol. The Morgan fingerprint density at radius 2 is 1.96 bits per heavy atom. The van der Waals surface area contributed by atoms with Crippen LogP contribution in [0.3, 0.4) is 0 Å². The number of esters is 1. The molecule has 1 N–H and O–H groups in total. The number of aromatic nitrogens is 1. The van der Waals surface area contributed by atoms with E-state index in [9.17, 15) is 9.18 Å². The number of nitrogens with one attached hydrogen (secondary N) is 1. The van der Waals surface area contributed by atoms with E-state index in [1.807, 2.05) is 30.3 Å². The number of anilines is 1. The van der Waals surface area contributed by atoms with Gasteiger partial charge in [0, 0.05) is 29.6 Å².